The van der Waals surface area contributed by atoms with Gasteiger partial charge in [-0.05, 0) is 19.1 Å². The predicted octanol–water partition coefficient (Wildman–Crippen LogP) is 1.75. The van der Waals surface area contributed by atoms with Crippen LogP contribution in [-0.2, 0) is 16.1 Å². The highest BCUT2D eigenvalue weighted by Gasteiger charge is 2.12. The molecule has 0 spiro atoms. The highest BCUT2D eigenvalue weighted by atomic mass is 16.5. The Morgan fingerprint density at radius 3 is 2.67 bits per heavy atom. The second kappa shape index (κ2) is 8.11. The van der Waals surface area contributed by atoms with Crippen molar-refractivity contribution in [2.24, 2.45) is 0 Å². The molecule has 2 N–H and O–H groups in total. The molecule has 8 heteroatoms. The molecule has 0 aliphatic carbocycles. The number of carbonyl (C=O) groups is 2. The van der Waals surface area contributed by atoms with Gasteiger partial charge in [0.25, 0.3) is 5.91 Å². The lowest BCUT2D eigenvalue weighted by molar-refractivity contribution is -0.119. The zero-order chi connectivity index (χ0) is 17.5. The first-order valence-electron chi connectivity index (χ1n) is 7.38. The Morgan fingerprint density at radius 2 is 2.04 bits per heavy atom. The average molecular weight is 332 g/mol. The van der Waals surface area contributed by atoms with Gasteiger partial charge in [-0.25, -0.2) is 0 Å². The topological polar surface area (TPSA) is 94.5 Å². The summed E-state index contributed by atoms with van der Waals surface area (Å²) in [4.78, 5) is 23.8. The number of nitrogens with zero attached hydrogens (tertiary/aromatic N) is 2. The van der Waals surface area contributed by atoms with Crippen molar-refractivity contribution in [1.29, 1.82) is 0 Å². The van der Waals surface area contributed by atoms with Gasteiger partial charge in [0.05, 0.1) is 24.6 Å². The normalized spacial score (nSPS) is 10.3. The van der Waals surface area contributed by atoms with E-state index in [1.807, 2.05) is 6.92 Å². The first-order chi connectivity index (χ1) is 11.6. The van der Waals surface area contributed by atoms with Gasteiger partial charge in [0.15, 0.2) is 0 Å². The molecule has 2 rings (SSSR count). The first-order valence-corrected chi connectivity index (χ1v) is 7.38. The van der Waals surface area contributed by atoms with Crippen LogP contribution in [0.4, 0.5) is 11.4 Å². The van der Waals surface area contributed by atoms with Gasteiger partial charge in [0, 0.05) is 31.6 Å². The van der Waals surface area contributed by atoms with Crippen LogP contribution in [0.15, 0.2) is 30.6 Å². The summed E-state index contributed by atoms with van der Waals surface area (Å²) in [7, 11) is 2.92. The van der Waals surface area contributed by atoms with Gasteiger partial charge in [-0.2, -0.15) is 5.10 Å². The Hall–Kier alpha value is -2.87. The monoisotopic (exact) mass is 332 g/mol. The van der Waals surface area contributed by atoms with Crippen molar-refractivity contribution in [2.75, 3.05) is 31.5 Å². The molecule has 8 nitrogen and oxygen atoms in total. The van der Waals surface area contributed by atoms with Crippen LogP contribution in [0.1, 0.15) is 17.3 Å². The molecule has 1 heterocycles. The molecule has 0 aliphatic rings. The summed E-state index contributed by atoms with van der Waals surface area (Å²) in [5.74, 6) is -0.131. The quantitative estimate of drug-likeness (QED) is 0.805. The number of hydrogen-bond donors (Lipinski definition) is 2. The van der Waals surface area contributed by atoms with Crippen LogP contribution in [0.25, 0.3) is 0 Å². The Labute approximate surface area is 139 Å². The number of hydrogen-bond acceptors (Lipinski definition) is 5. The summed E-state index contributed by atoms with van der Waals surface area (Å²) in [6, 6.07) is 4.95. The third kappa shape index (κ3) is 4.32. The van der Waals surface area contributed by atoms with Crippen LogP contribution in [0.2, 0.25) is 0 Å². The van der Waals surface area contributed by atoms with Crippen molar-refractivity contribution in [1.82, 2.24) is 9.78 Å². The van der Waals surface area contributed by atoms with E-state index < -0.39 is 0 Å². The largest absolute Gasteiger partial charge is 0.494 e. The highest BCUT2D eigenvalue weighted by molar-refractivity contribution is 6.04. The number of benzene rings is 1. The third-order valence-electron chi connectivity index (χ3n) is 3.23. The molecular formula is C16H20N4O4. The third-order valence-corrected chi connectivity index (χ3v) is 3.23. The van der Waals surface area contributed by atoms with Crippen molar-refractivity contribution in [3.8, 4) is 5.75 Å². The molecule has 2 aromatic rings. The molecule has 128 valence electrons. The minimum absolute atomic E-state index is 0.0525. The van der Waals surface area contributed by atoms with Crippen LogP contribution < -0.4 is 15.4 Å². The molecule has 0 aliphatic heterocycles. The zero-order valence-corrected chi connectivity index (χ0v) is 13.8. The smallest absolute Gasteiger partial charge is 0.258 e. The summed E-state index contributed by atoms with van der Waals surface area (Å²) in [6.07, 6.45) is 3.18. The van der Waals surface area contributed by atoms with Crippen molar-refractivity contribution in [2.45, 2.75) is 13.5 Å². The number of aryl methyl sites for hydroxylation is 1. The summed E-state index contributed by atoms with van der Waals surface area (Å²) in [5, 5.41) is 9.50. The van der Waals surface area contributed by atoms with Gasteiger partial charge < -0.3 is 20.1 Å². The zero-order valence-electron chi connectivity index (χ0n) is 13.8. The lowest BCUT2D eigenvalue weighted by Crippen LogP contribution is -2.18. The number of aromatic nitrogens is 2. The van der Waals surface area contributed by atoms with Crippen LogP contribution in [0, 0.1) is 0 Å². The summed E-state index contributed by atoms with van der Waals surface area (Å²) in [6.45, 7) is 2.58. The molecule has 24 heavy (non-hydrogen) atoms. The van der Waals surface area contributed by atoms with Gasteiger partial charge in [-0.1, -0.05) is 0 Å². The Bertz CT molecular complexity index is 727. The van der Waals surface area contributed by atoms with Gasteiger partial charge in [-0.3, -0.25) is 14.3 Å². The Kier molecular flexibility index (Phi) is 5.91. The van der Waals surface area contributed by atoms with E-state index in [0.29, 0.717) is 29.2 Å². The molecule has 1 aromatic heterocycles. The lowest BCUT2D eigenvalue weighted by Gasteiger charge is -2.12. The Morgan fingerprint density at radius 1 is 1.25 bits per heavy atom. The van der Waals surface area contributed by atoms with E-state index in [1.54, 1.807) is 29.1 Å². The van der Waals surface area contributed by atoms with E-state index in [1.165, 1.54) is 20.4 Å². The molecule has 0 saturated heterocycles. The van der Waals surface area contributed by atoms with Gasteiger partial charge >= 0.3 is 0 Å². The van der Waals surface area contributed by atoms with E-state index in [0.717, 1.165) is 0 Å². The number of carbonyl (C=O) groups excluding carboxylic acids is 2. The van der Waals surface area contributed by atoms with Crippen molar-refractivity contribution in [3.63, 3.8) is 0 Å². The average Bonchev–Trinajstić information content (AvgIpc) is 3.05. The minimum Gasteiger partial charge on any atom is -0.494 e. The van der Waals surface area contributed by atoms with Crippen LogP contribution in [0.5, 0.6) is 5.75 Å². The number of nitrogens with one attached hydrogen (secondary N) is 2. The van der Waals surface area contributed by atoms with Gasteiger partial charge in [0.2, 0.25) is 5.91 Å². The fourth-order valence-corrected chi connectivity index (χ4v) is 2.05. The fourth-order valence-electron chi connectivity index (χ4n) is 2.05. The molecule has 0 unspecified atom stereocenters. The lowest BCUT2D eigenvalue weighted by atomic mass is 10.2. The SMILES string of the molecule is CCn1cc(C(=O)Nc2ccc(NC(=O)COC)c(OC)c2)cn1. The number of ether oxygens (including phenoxy) is 2. The highest BCUT2D eigenvalue weighted by Crippen LogP contribution is 2.28. The number of amides is 2. The van der Waals surface area contributed by atoms with E-state index in [9.17, 15) is 9.59 Å². The van der Waals surface area contributed by atoms with E-state index in [2.05, 4.69) is 15.7 Å². The predicted molar refractivity (Wildman–Crippen MR) is 89.4 cm³/mol. The Balaban J connectivity index is 2.11. The molecule has 0 radical (unpaired) electrons. The second-order valence-corrected chi connectivity index (χ2v) is 4.94. The molecule has 0 saturated carbocycles. The van der Waals surface area contributed by atoms with E-state index in [4.69, 9.17) is 9.47 Å². The number of anilines is 2. The molecule has 0 atom stereocenters. The number of rotatable bonds is 7. The minimum atomic E-state index is -0.292. The van der Waals surface area contributed by atoms with Gasteiger partial charge in [0.1, 0.15) is 12.4 Å². The fraction of sp³-hybridized carbons (Fsp3) is 0.312. The van der Waals surface area contributed by atoms with Crippen LogP contribution >= 0.6 is 0 Å². The molecule has 0 fully saturated rings. The number of methoxy groups -OCH3 is 2. The molecular weight excluding hydrogens is 312 g/mol. The maximum absolute atomic E-state index is 12.2. The van der Waals surface area contributed by atoms with Crippen LogP contribution in [0.3, 0.4) is 0 Å². The van der Waals surface area contributed by atoms with Gasteiger partial charge in [-0.15, -0.1) is 0 Å². The van der Waals surface area contributed by atoms with Crippen molar-refractivity contribution >= 4 is 23.2 Å². The maximum atomic E-state index is 12.2. The molecule has 0 bridgehead atoms. The molecule has 1 aromatic carbocycles. The summed E-state index contributed by atoms with van der Waals surface area (Å²) >= 11 is 0. The van der Waals surface area contributed by atoms with Crippen molar-refractivity contribution < 1.29 is 19.1 Å². The summed E-state index contributed by atoms with van der Waals surface area (Å²) in [5.41, 5.74) is 1.51. The van der Waals surface area contributed by atoms with E-state index in [-0.39, 0.29) is 18.4 Å². The van der Waals surface area contributed by atoms with Crippen molar-refractivity contribution in [3.05, 3.63) is 36.2 Å². The standard InChI is InChI=1S/C16H20N4O4/c1-4-20-9-11(8-17-20)16(22)18-12-5-6-13(14(7-12)24-3)19-15(21)10-23-2/h5-9H,4,10H2,1-3H3,(H,18,22)(H,19,21). The maximum Gasteiger partial charge on any atom is 0.258 e. The van der Waals surface area contributed by atoms with E-state index >= 15 is 0 Å². The first kappa shape index (κ1) is 17.5. The summed E-state index contributed by atoms with van der Waals surface area (Å²) < 4.78 is 11.7. The molecule has 2 amide bonds. The second-order valence-electron chi connectivity index (χ2n) is 4.94. The van der Waals surface area contributed by atoms with Crippen LogP contribution in [-0.4, -0.2) is 42.4 Å².